The highest BCUT2D eigenvalue weighted by Crippen LogP contribution is 2.38. The summed E-state index contributed by atoms with van der Waals surface area (Å²) < 4.78 is 45.4. The van der Waals surface area contributed by atoms with E-state index >= 15 is 0 Å². The van der Waals surface area contributed by atoms with E-state index in [1.54, 1.807) is 13.8 Å². The smallest absolute Gasteiger partial charge is 0.496 e. The van der Waals surface area contributed by atoms with Crippen LogP contribution in [0.25, 0.3) is 0 Å². The topological polar surface area (TPSA) is 64.7 Å². The predicted octanol–water partition coefficient (Wildman–Crippen LogP) is 2.61. The Balaban J connectivity index is 3.11. The lowest BCUT2D eigenvalue weighted by Gasteiger charge is -2.30. The van der Waals surface area contributed by atoms with E-state index in [0.29, 0.717) is 5.56 Å². The van der Waals surface area contributed by atoms with Crippen LogP contribution in [0.1, 0.15) is 25.5 Å². The molecule has 3 N–H and O–H groups in total. The van der Waals surface area contributed by atoms with Crippen molar-refractivity contribution in [2.45, 2.75) is 26.3 Å². The Kier molecular flexibility index (Phi) is 4.88. The lowest BCUT2D eigenvalue weighted by atomic mass is 9.81. The fourth-order valence-corrected chi connectivity index (χ4v) is 1.66. The second-order valence-electron chi connectivity index (χ2n) is 5.08. The Morgan fingerprint density at radius 1 is 1.30 bits per heavy atom. The number of halogens is 3. The normalized spacial score (nSPS) is 14.0. The molecule has 0 saturated carbocycles. The van der Waals surface area contributed by atoms with Gasteiger partial charge in [0.1, 0.15) is 11.5 Å². The Labute approximate surface area is 115 Å². The third kappa shape index (κ3) is 4.01. The molecule has 0 fully saturated rings. The molecule has 0 radical (unpaired) electrons. The molecular formula is C13H18F3NO3. The van der Waals surface area contributed by atoms with E-state index in [9.17, 15) is 18.3 Å². The highest BCUT2D eigenvalue weighted by Gasteiger charge is 2.33. The third-order valence-corrected chi connectivity index (χ3v) is 3.02. The van der Waals surface area contributed by atoms with Gasteiger partial charge in [-0.1, -0.05) is 19.9 Å². The van der Waals surface area contributed by atoms with Crippen molar-refractivity contribution in [2.75, 3.05) is 13.7 Å². The molecule has 0 bridgehead atoms. The van der Waals surface area contributed by atoms with Crippen molar-refractivity contribution in [2.24, 2.45) is 11.1 Å². The average molecular weight is 293 g/mol. The van der Waals surface area contributed by atoms with Crippen LogP contribution in [0, 0.1) is 5.41 Å². The Hall–Kier alpha value is -1.47. The maximum absolute atomic E-state index is 12.2. The fourth-order valence-electron chi connectivity index (χ4n) is 1.66. The van der Waals surface area contributed by atoms with E-state index in [2.05, 4.69) is 4.74 Å². The van der Waals surface area contributed by atoms with E-state index in [0.717, 1.165) is 6.07 Å². The zero-order chi connectivity index (χ0) is 15.6. The first-order chi connectivity index (χ1) is 9.10. The molecule has 7 heteroatoms. The molecule has 0 aliphatic heterocycles. The van der Waals surface area contributed by atoms with Gasteiger partial charge in [0, 0.05) is 29.7 Å². The fraction of sp³-hybridized carbons (Fsp3) is 0.538. The van der Waals surface area contributed by atoms with Gasteiger partial charge in [0.15, 0.2) is 0 Å². The number of hydrogen-bond donors (Lipinski definition) is 2. The molecule has 0 saturated heterocycles. The monoisotopic (exact) mass is 293 g/mol. The molecule has 1 rings (SSSR count). The summed E-state index contributed by atoms with van der Waals surface area (Å²) in [5.41, 5.74) is 5.90. The van der Waals surface area contributed by atoms with E-state index < -0.39 is 17.8 Å². The number of ether oxygens (including phenoxy) is 2. The SMILES string of the molecule is COc1cc(OC(F)(F)F)ccc1[C@@H](N)C(C)(C)CO. The molecule has 0 amide bonds. The van der Waals surface area contributed by atoms with Gasteiger partial charge >= 0.3 is 6.36 Å². The summed E-state index contributed by atoms with van der Waals surface area (Å²) in [5.74, 6) is -0.201. The first-order valence-corrected chi connectivity index (χ1v) is 5.91. The number of nitrogens with two attached hydrogens (primary N) is 1. The summed E-state index contributed by atoms with van der Waals surface area (Å²) in [6.07, 6.45) is -4.76. The van der Waals surface area contributed by atoms with Crippen molar-refractivity contribution in [1.29, 1.82) is 0 Å². The highest BCUT2D eigenvalue weighted by atomic mass is 19.4. The van der Waals surface area contributed by atoms with Gasteiger partial charge in [0.05, 0.1) is 7.11 Å². The van der Waals surface area contributed by atoms with Gasteiger partial charge in [-0.2, -0.15) is 0 Å². The van der Waals surface area contributed by atoms with Crippen LogP contribution in [0.2, 0.25) is 0 Å². The number of benzene rings is 1. The Bertz CT molecular complexity index is 461. The van der Waals surface area contributed by atoms with Crippen LogP contribution >= 0.6 is 0 Å². The molecule has 0 spiro atoms. The van der Waals surface area contributed by atoms with Crippen LogP contribution in [-0.4, -0.2) is 25.2 Å². The van der Waals surface area contributed by atoms with Gasteiger partial charge < -0.3 is 20.3 Å². The third-order valence-electron chi connectivity index (χ3n) is 3.02. The molecule has 1 aromatic rings. The van der Waals surface area contributed by atoms with Gasteiger partial charge in [-0.3, -0.25) is 0 Å². The molecule has 0 heterocycles. The van der Waals surface area contributed by atoms with Crippen LogP contribution in [0.15, 0.2) is 18.2 Å². The minimum atomic E-state index is -4.76. The molecule has 114 valence electrons. The van der Waals surface area contributed by atoms with Crippen molar-refractivity contribution in [1.82, 2.24) is 0 Å². The molecule has 1 aromatic carbocycles. The van der Waals surface area contributed by atoms with Gasteiger partial charge in [-0.25, -0.2) is 0 Å². The molecular weight excluding hydrogens is 275 g/mol. The number of rotatable bonds is 5. The maximum Gasteiger partial charge on any atom is 0.573 e. The molecule has 0 aromatic heterocycles. The van der Waals surface area contributed by atoms with Crippen LogP contribution in [0.3, 0.4) is 0 Å². The first kappa shape index (κ1) is 16.6. The standard InChI is InChI=1S/C13H18F3NO3/c1-12(2,7-18)11(17)9-5-4-8(6-10(9)19-3)20-13(14,15)16/h4-6,11,18H,7,17H2,1-3H3/t11-/m1/s1. The number of aliphatic hydroxyl groups excluding tert-OH is 1. The van der Waals surface area contributed by atoms with Crippen molar-refractivity contribution in [3.63, 3.8) is 0 Å². The maximum atomic E-state index is 12.2. The van der Waals surface area contributed by atoms with Gasteiger partial charge in [-0.15, -0.1) is 13.2 Å². The summed E-state index contributed by atoms with van der Waals surface area (Å²) in [4.78, 5) is 0. The summed E-state index contributed by atoms with van der Waals surface area (Å²) in [5, 5.41) is 9.30. The Morgan fingerprint density at radius 3 is 2.35 bits per heavy atom. The zero-order valence-electron chi connectivity index (χ0n) is 11.5. The predicted molar refractivity (Wildman–Crippen MR) is 67.5 cm³/mol. The van der Waals surface area contributed by atoms with Crippen molar-refractivity contribution in [3.8, 4) is 11.5 Å². The molecule has 0 aliphatic rings. The average Bonchev–Trinajstić information content (AvgIpc) is 2.35. The number of hydrogen-bond acceptors (Lipinski definition) is 4. The summed E-state index contributed by atoms with van der Waals surface area (Å²) in [7, 11) is 1.33. The highest BCUT2D eigenvalue weighted by molar-refractivity contribution is 5.43. The number of aliphatic hydroxyl groups is 1. The minimum Gasteiger partial charge on any atom is -0.496 e. The lowest BCUT2D eigenvalue weighted by Crippen LogP contribution is -2.32. The number of methoxy groups -OCH3 is 1. The van der Waals surface area contributed by atoms with Crippen LogP contribution in [-0.2, 0) is 0 Å². The van der Waals surface area contributed by atoms with E-state index in [4.69, 9.17) is 10.5 Å². The Morgan fingerprint density at radius 2 is 1.90 bits per heavy atom. The molecule has 0 unspecified atom stereocenters. The summed E-state index contributed by atoms with van der Waals surface area (Å²) >= 11 is 0. The van der Waals surface area contributed by atoms with Crippen molar-refractivity contribution >= 4 is 0 Å². The summed E-state index contributed by atoms with van der Waals surface area (Å²) in [6, 6.07) is 3.10. The summed E-state index contributed by atoms with van der Waals surface area (Å²) in [6.45, 7) is 3.33. The minimum absolute atomic E-state index is 0.169. The molecule has 4 nitrogen and oxygen atoms in total. The van der Waals surface area contributed by atoms with Crippen LogP contribution in [0.5, 0.6) is 11.5 Å². The van der Waals surface area contributed by atoms with Gasteiger partial charge in [0.25, 0.3) is 0 Å². The van der Waals surface area contributed by atoms with E-state index in [-0.39, 0.29) is 18.1 Å². The van der Waals surface area contributed by atoms with E-state index in [1.807, 2.05) is 0 Å². The van der Waals surface area contributed by atoms with Crippen LogP contribution < -0.4 is 15.2 Å². The molecule has 20 heavy (non-hydrogen) atoms. The van der Waals surface area contributed by atoms with Gasteiger partial charge in [-0.05, 0) is 6.07 Å². The van der Waals surface area contributed by atoms with Crippen LogP contribution in [0.4, 0.5) is 13.2 Å². The zero-order valence-corrected chi connectivity index (χ0v) is 11.5. The van der Waals surface area contributed by atoms with Crippen molar-refractivity contribution in [3.05, 3.63) is 23.8 Å². The number of alkyl halides is 3. The van der Waals surface area contributed by atoms with Crippen molar-refractivity contribution < 1.29 is 27.8 Å². The lowest BCUT2D eigenvalue weighted by molar-refractivity contribution is -0.274. The first-order valence-electron chi connectivity index (χ1n) is 5.91. The molecule has 0 aliphatic carbocycles. The second kappa shape index (κ2) is 5.88. The molecule has 1 atom stereocenters. The second-order valence-corrected chi connectivity index (χ2v) is 5.08. The quantitative estimate of drug-likeness (QED) is 0.876. The largest absolute Gasteiger partial charge is 0.573 e. The van der Waals surface area contributed by atoms with E-state index in [1.165, 1.54) is 19.2 Å². The van der Waals surface area contributed by atoms with Gasteiger partial charge in [0.2, 0.25) is 0 Å².